The van der Waals surface area contributed by atoms with Crippen LogP contribution in [0.1, 0.15) is 26.7 Å². The minimum atomic E-state index is -0.521. The summed E-state index contributed by atoms with van der Waals surface area (Å²) >= 11 is 0. The molecular formula is C11H20NO5P. The normalized spacial score (nSPS) is 28.9. The maximum Gasteiger partial charge on any atom is 0.307 e. The molecule has 1 rings (SSSR count). The molecule has 3 unspecified atom stereocenters. The first-order valence-corrected chi connectivity index (χ1v) is 6.72. The zero-order chi connectivity index (χ0) is 13.6. The number of carbonyl (C=O) groups excluding carboxylic acids is 2. The van der Waals surface area contributed by atoms with Crippen molar-refractivity contribution in [2.24, 2.45) is 5.41 Å². The Kier molecular flexibility index (Phi) is 5.99. The summed E-state index contributed by atoms with van der Waals surface area (Å²) in [6.45, 7) is 4.73. The maximum absolute atomic E-state index is 12.0. The summed E-state index contributed by atoms with van der Waals surface area (Å²) in [6, 6.07) is 0. The van der Waals surface area contributed by atoms with Crippen molar-refractivity contribution < 1.29 is 23.4 Å². The van der Waals surface area contributed by atoms with E-state index in [0.29, 0.717) is 6.61 Å². The van der Waals surface area contributed by atoms with Gasteiger partial charge in [-0.15, -0.1) is 0 Å². The van der Waals surface area contributed by atoms with Gasteiger partial charge in [0, 0.05) is 12.0 Å². The molecule has 0 radical (unpaired) electrons. The largest absolute Gasteiger partial charge is 0.469 e. The Labute approximate surface area is 109 Å². The molecule has 1 aliphatic heterocycles. The van der Waals surface area contributed by atoms with Gasteiger partial charge in [0.1, 0.15) is 6.10 Å². The Morgan fingerprint density at radius 2 is 2.28 bits per heavy atom. The molecule has 0 saturated carbocycles. The zero-order valence-electron chi connectivity index (χ0n) is 10.9. The zero-order valence-corrected chi connectivity index (χ0v) is 11.9. The molecule has 1 aliphatic rings. The Hall–Kier alpha value is -0.710. The summed E-state index contributed by atoms with van der Waals surface area (Å²) in [5.74, 6) is -0.539. The van der Waals surface area contributed by atoms with Crippen LogP contribution in [0, 0.1) is 5.41 Å². The molecule has 0 bridgehead atoms. The number of carbonyl (C=O) groups is 2. The third-order valence-electron chi connectivity index (χ3n) is 3.16. The van der Waals surface area contributed by atoms with E-state index < -0.39 is 6.10 Å². The highest BCUT2D eigenvalue weighted by Gasteiger charge is 2.42. The average molecular weight is 277 g/mol. The van der Waals surface area contributed by atoms with Crippen LogP contribution >= 0.6 is 9.03 Å². The van der Waals surface area contributed by atoms with Crippen molar-refractivity contribution in [3.8, 4) is 0 Å². The molecular weight excluding hydrogens is 257 g/mol. The molecule has 0 aliphatic carbocycles. The van der Waals surface area contributed by atoms with E-state index in [0.717, 1.165) is 6.42 Å². The van der Waals surface area contributed by atoms with E-state index >= 15 is 0 Å². The van der Waals surface area contributed by atoms with Crippen LogP contribution in [0.25, 0.3) is 0 Å². The molecule has 0 aromatic rings. The highest BCUT2D eigenvalue weighted by atomic mass is 31.1. The van der Waals surface area contributed by atoms with Gasteiger partial charge < -0.3 is 19.1 Å². The van der Waals surface area contributed by atoms with Crippen LogP contribution in [-0.4, -0.2) is 38.2 Å². The lowest BCUT2D eigenvalue weighted by molar-refractivity contribution is -0.141. The average Bonchev–Trinajstić information content (AvgIpc) is 2.38. The topological polar surface area (TPSA) is 73.9 Å². The van der Waals surface area contributed by atoms with E-state index in [-0.39, 0.29) is 39.3 Å². The van der Waals surface area contributed by atoms with E-state index in [4.69, 9.17) is 9.05 Å². The van der Waals surface area contributed by atoms with Crippen LogP contribution in [0.3, 0.4) is 0 Å². The second kappa shape index (κ2) is 7.02. The summed E-state index contributed by atoms with van der Waals surface area (Å²) in [4.78, 5) is 22.9. The summed E-state index contributed by atoms with van der Waals surface area (Å²) in [6.07, 6.45) is 0.426. The van der Waals surface area contributed by atoms with E-state index in [1.807, 2.05) is 13.8 Å². The van der Waals surface area contributed by atoms with Crippen molar-refractivity contribution in [1.29, 1.82) is 0 Å². The van der Waals surface area contributed by atoms with E-state index in [1.165, 1.54) is 7.11 Å². The number of ether oxygens (including phenoxy) is 1. The van der Waals surface area contributed by atoms with Gasteiger partial charge in [0.2, 0.25) is 5.91 Å². The first kappa shape index (κ1) is 15.3. The Bertz CT molecular complexity index is 312. The van der Waals surface area contributed by atoms with E-state index in [1.54, 1.807) is 0 Å². The fraction of sp³-hybridized carbons (Fsp3) is 0.818. The van der Waals surface area contributed by atoms with Gasteiger partial charge in [0.15, 0.2) is 9.03 Å². The van der Waals surface area contributed by atoms with Gasteiger partial charge in [0.05, 0.1) is 20.1 Å². The van der Waals surface area contributed by atoms with Gasteiger partial charge in [0.25, 0.3) is 0 Å². The summed E-state index contributed by atoms with van der Waals surface area (Å²) in [5.41, 5.74) is -0.319. The predicted octanol–water partition coefficient (Wildman–Crippen LogP) is 1.01. The molecule has 3 atom stereocenters. The monoisotopic (exact) mass is 277 g/mol. The molecule has 7 heteroatoms. The molecule has 0 aromatic carbocycles. The van der Waals surface area contributed by atoms with Crippen LogP contribution in [0.4, 0.5) is 0 Å². The van der Waals surface area contributed by atoms with Crippen LogP contribution < -0.4 is 5.32 Å². The van der Waals surface area contributed by atoms with Crippen molar-refractivity contribution in [3.63, 3.8) is 0 Å². The summed E-state index contributed by atoms with van der Waals surface area (Å²) in [7, 11) is 1.21. The number of hydrogen-bond donors (Lipinski definition) is 1. The maximum atomic E-state index is 12.0. The van der Waals surface area contributed by atoms with Crippen LogP contribution in [-0.2, 0) is 23.4 Å². The van der Waals surface area contributed by atoms with E-state index in [2.05, 4.69) is 10.1 Å². The minimum absolute atomic E-state index is 0.107. The Morgan fingerprint density at radius 3 is 2.89 bits per heavy atom. The molecule has 1 heterocycles. The molecule has 18 heavy (non-hydrogen) atoms. The van der Waals surface area contributed by atoms with Gasteiger partial charge in [-0.05, 0) is 6.42 Å². The quantitative estimate of drug-likeness (QED) is 0.599. The Morgan fingerprint density at radius 1 is 1.56 bits per heavy atom. The third-order valence-corrected chi connectivity index (χ3v) is 3.76. The van der Waals surface area contributed by atoms with E-state index in [9.17, 15) is 9.59 Å². The molecule has 0 spiro atoms. The lowest BCUT2D eigenvalue weighted by atomic mass is 9.82. The third kappa shape index (κ3) is 3.90. The predicted molar refractivity (Wildman–Crippen MR) is 67.2 cm³/mol. The highest BCUT2D eigenvalue weighted by molar-refractivity contribution is 7.26. The molecule has 1 saturated heterocycles. The molecule has 1 amide bonds. The number of amides is 1. The minimum Gasteiger partial charge on any atom is -0.469 e. The number of esters is 1. The molecule has 0 aromatic heterocycles. The molecule has 1 N–H and O–H groups in total. The summed E-state index contributed by atoms with van der Waals surface area (Å²) < 4.78 is 15.2. The number of hydrogen-bond acceptors (Lipinski definition) is 5. The standard InChI is InChI=1S/C11H20NO5P/c1-4-11(2)7-16-18-17-9(11)10(14)12-6-5-8(13)15-3/h9,18H,4-7H2,1-3H3,(H,12,14). The van der Waals surface area contributed by atoms with Crippen molar-refractivity contribution in [3.05, 3.63) is 0 Å². The van der Waals surface area contributed by atoms with Crippen LogP contribution in [0.2, 0.25) is 0 Å². The van der Waals surface area contributed by atoms with Crippen LogP contribution in [0.5, 0.6) is 0 Å². The lowest BCUT2D eigenvalue weighted by Gasteiger charge is -2.38. The fourth-order valence-electron chi connectivity index (χ4n) is 1.63. The van der Waals surface area contributed by atoms with Gasteiger partial charge in [-0.3, -0.25) is 9.59 Å². The summed E-state index contributed by atoms with van der Waals surface area (Å²) in [5, 5.41) is 2.69. The number of rotatable bonds is 5. The highest BCUT2D eigenvalue weighted by Crippen LogP contribution is 2.39. The van der Waals surface area contributed by atoms with Crippen molar-refractivity contribution in [1.82, 2.24) is 5.32 Å². The molecule has 6 nitrogen and oxygen atoms in total. The molecule has 1 fully saturated rings. The molecule has 104 valence electrons. The van der Waals surface area contributed by atoms with Gasteiger partial charge in [-0.1, -0.05) is 13.8 Å². The first-order chi connectivity index (χ1) is 8.53. The van der Waals surface area contributed by atoms with Crippen molar-refractivity contribution in [2.75, 3.05) is 20.3 Å². The smallest absolute Gasteiger partial charge is 0.307 e. The fourth-order valence-corrected chi connectivity index (χ4v) is 2.58. The van der Waals surface area contributed by atoms with Crippen molar-refractivity contribution >= 4 is 20.9 Å². The van der Waals surface area contributed by atoms with Crippen molar-refractivity contribution in [2.45, 2.75) is 32.8 Å². The second-order valence-electron chi connectivity index (χ2n) is 4.49. The first-order valence-electron chi connectivity index (χ1n) is 5.90. The lowest BCUT2D eigenvalue weighted by Crippen LogP contribution is -2.49. The Balaban J connectivity index is 2.46. The van der Waals surface area contributed by atoms with Gasteiger partial charge in [-0.2, -0.15) is 0 Å². The SMILES string of the molecule is CCC1(C)COPOC1C(=O)NCCC(=O)OC. The number of methoxy groups -OCH3 is 1. The second-order valence-corrected chi connectivity index (χ2v) is 5.19. The van der Waals surface area contributed by atoms with Gasteiger partial charge >= 0.3 is 5.97 Å². The number of nitrogens with one attached hydrogen (secondary N) is 1. The van der Waals surface area contributed by atoms with Gasteiger partial charge in [-0.25, -0.2) is 0 Å². The van der Waals surface area contributed by atoms with Crippen LogP contribution in [0.15, 0.2) is 0 Å².